The molecule has 0 aliphatic heterocycles. The number of hydrogen-bond donors (Lipinski definition) is 0. The summed E-state index contributed by atoms with van der Waals surface area (Å²) in [7, 11) is 0. The van der Waals surface area contributed by atoms with Crippen molar-refractivity contribution in [2.75, 3.05) is 0 Å². The summed E-state index contributed by atoms with van der Waals surface area (Å²) >= 11 is 0. The van der Waals surface area contributed by atoms with Crippen LogP contribution in [0.25, 0.3) is 10.9 Å². The number of hydrogen-bond acceptors (Lipinski definition) is 4. The number of pyridine rings is 1. The van der Waals surface area contributed by atoms with Crippen LogP contribution in [0.3, 0.4) is 0 Å². The summed E-state index contributed by atoms with van der Waals surface area (Å²) in [5.41, 5.74) is 1.95. The zero-order valence-electron chi connectivity index (χ0n) is 12.3. The predicted octanol–water partition coefficient (Wildman–Crippen LogP) is 4.39. The fourth-order valence-corrected chi connectivity index (χ4v) is 2.54. The van der Waals surface area contributed by atoms with Gasteiger partial charge < -0.3 is 9.15 Å². The van der Waals surface area contributed by atoms with Gasteiger partial charge in [-0.1, -0.05) is 36.4 Å². The predicted molar refractivity (Wildman–Crippen MR) is 87.2 cm³/mol. The van der Waals surface area contributed by atoms with Gasteiger partial charge in [-0.15, -0.1) is 0 Å². The van der Waals surface area contributed by atoms with Gasteiger partial charge in [0.05, 0.1) is 11.7 Å². The van der Waals surface area contributed by atoms with Crippen molar-refractivity contribution in [1.29, 1.82) is 0 Å². The Kier molecular flexibility index (Phi) is 3.48. The van der Waals surface area contributed by atoms with E-state index in [4.69, 9.17) is 9.15 Å². The molecule has 0 spiro atoms. The van der Waals surface area contributed by atoms with Crippen molar-refractivity contribution in [2.45, 2.75) is 6.10 Å². The first-order chi connectivity index (χ1) is 11.4. The Hall–Kier alpha value is -3.14. The monoisotopic (exact) mass is 302 g/mol. The molecule has 0 N–H and O–H groups in total. The maximum absolute atomic E-state index is 6.19. The molecular formula is C19H14N2O2. The van der Waals surface area contributed by atoms with E-state index in [1.165, 1.54) is 6.39 Å². The third kappa shape index (κ3) is 2.79. The Bertz CT molecular complexity index is 905. The molecular weight excluding hydrogens is 288 g/mol. The number of fused-ring (bicyclic) bond motifs is 1. The van der Waals surface area contributed by atoms with Crippen LogP contribution in [0.1, 0.15) is 17.4 Å². The second kappa shape index (κ2) is 5.93. The molecule has 1 atom stereocenters. The lowest BCUT2D eigenvalue weighted by Crippen LogP contribution is -2.08. The van der Waals surface area contributed by atoms with Crippen LogP contribution in [0.2, 0.25) is 0 Å². The van der Waals surface area contributed by atoms with Crippen LogP contribution >= 0.6 is 0 Å². The van der Waals surface area contributed by atoms with E-state index in [2.05, 4.69) is 9.97 Å². The van der Waals surface area contributed by atoms with E-state index >= 15 is 0 Å². The highest BCUT2D eigenvalue weighted by Crippen LogP contribution is 2.29. The molecule has 0 fully saturated rings. The SMILES string of the molecule is c1ccc(C(Oc2ccc3ncccc3c2)c2cnco2)cc1. The van der Waals surface area contributed by atoms with Gasteiger partial charge in [0, 0.05) is 17.1 Å². The molecule has 0 aliphatic carbocycles. The number of benzene rings is 2. The van der Waals surface area contributed by atoms with Crippen LogP contribution in [0.5, 0.6) is 5.75 Å². The van der Waals surface area contributed by atoms with E-state index in [0.717, 1.165) is 22.2 Å². The van der Waals surface area contributed by atoms with Gasteiger partial charge in [-0.3, -0.25) is 4.98 Å². The van der Waals surface area contributed by atoms with Crippen LogP contribution in [0, 0.1) is 0 Å². The zero-order chi connectivity index (χ0) is 15.5. The van der Waals surface area contributed by atoms with Gasteiger partial charge in [-0.25, -0.2) is 4.98 Å². The summed E-state index contributed by atoms with van der Waals surface area (Å²) in [5, 5.41) is 1.04. The third-order valence-corrected chi connectivity index (χ3v) is 3.64. The summed E-state index contributed by atoms with van der Waals surface area (Å²) in [5.74, 6) is 1.43. The average molecular weight is 302 g/mol. The quantitative estimate of drug-likeness (QED) is 0.561. The molecule has 0 saturated heterocycles. The van der Waals surface area contributed by atoms with E-state index in [1.54, 1.807) is 12.4 Å². The molecule has 0 saturated carbocycles. The van der Waals surface area contributed by atoms with E-state index in [-0.39, 0.29) is 6.10 Å². The van der Waals surface area contributed by atoms with Gasteiger partial charge in [0.15, 0.2) is 18.3 Å². The summed E-state index contributed by atoms with van der Waals surface area (Å²) in [6.45, 7) is 0. The van der Waals surface area contributed by atoms with Crippen LogP contribution in [-0.4, -0.2) is 9.97 Å². The van der Waals surface area contributed by atoms with E-state index in [9.17, 15) is 0 Å². The Morgan fingerprint density at radius 3 is 2.70 bits per heavy atom. The fourth-order valence-electron chi connectivity index (χ4n) is 2.54. The Morgan fingerprint density at radius 2 is 1.87 bits per heavy atom. The number of oxazole rings is 1. The minimum absolute atomic E-state index is 0.340. The molecule has 2 heterocycles. The summed E-state index contributed by atoms with van der Waals surface area (Å²) in [6.07, 6.45) is 4.54. The van der Waals surface area contributed by atoms with E-state index in [0.29, 0.717) is 5.76 Å². The van der Waals surface area contributed by atoms with Gasteiger partial charge in [-0.2, -0.15) is 0 Å². The largest absolute Gasteiger partial charge is 0.478 e. The lowest BCUT2D eigenvalue weighted by Gasteiger charge is -2.17. The maximum atomic E-state index is 6.19. The molecule has 4 heteroatoms. The molecule has 4 rings (SSSR count). The summed E-state index contributed by atoms with van der Waals surface area (Å²) in [6, 6.07) is 19.7. The molecule has 0 amide bonds. The first-order valence-electron chi connectivity index (χ1n) is 7.35. The molecule has 23 heavy (non-hydrogen) atoms. The minimum atomic E-state index is -0.340. The topological polar surface area (TPSA) is 48.2 Å². The fraction of sp³-hybridized carbons (Fsp3) is 0.0526. The highest BCUT2D eigenvalue weighted by atomic mass is 16.5. The Morgan fingerprint density at radius 1 is 0.957 bits per heavy atom. The van der Waals surface area contributed by atoms with Crippen molar-refractivity contribution in [3.63, 3.8) is 0 Å². The highest BCUT2D eigenvalue weighted by molar-refractivity contribution is 5.79. The van der Waals surface area contributed by atoms with E-state index < -0.39 is 0 Å². The molecule has 2 aromatic heterocycles. The number of ether oxygens (including phenoxy) is 1. The number of rotatable bonds is 4. The van der Waals surface area contributed by atoms with Crippen LogP contribution in [0.15, 0.2) is 83.9 Å². The van der Waals surface area contributed by atoms with E-state index in [1.807, 2.05) is 60.7 Å². The third-order valence-electron chi connectivity index (χ3n) is 3.64. The van der Waals surface area contributed by atoms with Crippen molar-refractivity contribution < 1.29 is 9.15 Å². The minimum Gasteiger partial charge on any atom is -0.478 e. The van der Waals surface area contributed by atoms with Crippen molar-refractivity contribution >= 4 is 10.9 Å². The molecule has 1 unspecified atom stereocenters. The summed E-state index contributed by atoms with van der Waals surface area (Å²) < 4.78 is 11.7. The standard InChI is InChI=1S/C19H14N2O2/c1-2-5-14(6-3-1)19(18-12-20-13-22-18)23-16-8-9-17-15(11-16)7-4-10-21-17/h1-13,19H. The average Bonchev–Trinajstić information content (AvgIpc) is 3.14. The van der Waals surface area contributed by atoms with Crippen molar-refractivity contribution in [1.82, 2.24) is 9.97 Å². The van der Waals surface area contributed by atoms with Crippen molar-refractivity contribution in [3.05, 3.63) is 90.8 Å². The van der Waals surface area contributed by atoms with Gasteiger partial charge in [0.2, 0.25) is 0 Å². The molecule has 0 aliphatic rings. The second-order valence-electron chi connectivity index (χ2n) is 5.17. The molecule has 0 bridgehead atoms. The number of aromatic nitrogens is 2. The lowest BCUT2D eigenvalue weighted by atomic mass is 10.1. The van der Waals surface area contributed by atoms with Crippen LogP contribution < -0.4 is 4.74 Å². The second-order valence-corrected chi connectivity index (χ2v) is 5.17. The van der Waals surface area contributed by atoms with Crippen LogP contribution in [0.4, 0.5) is 0 Å². The Labute approximate surface area is 133 Å². The maximum Gasteiger partial charge on any atom is 0.183 e. The normalized spacial score (nSPS) is 12.2. The molecule has 4 aromatic rings. The zero-order valence-corrected chi connectivity index (χ0v) is 12.3. The summed E-state index contributed by atoms with van der Waals surface area (Å²) in [4.78, 5) is 8.33. The smallest absolute Gasteiger partial charge is 0.183 e. The molecule has 0 radical (unpaired) electrons. The van der Waals surface area contributed by atoms with Crippen molar-refractivity contribution in [3.8, 4) is 5.75 Å². The molecule has 2 aromatic carbocycles. The molecule has 112 valence electrons. The molecule has 4 nitrogen and oxygen atoms in total. The first kappa shape index (κ1) is 13.5. The lowest BCUT2D eigenvalue weighted by molar-refractivity contribution is 0.215. The highest BCUT2D eigenvalue weighted by Gasteiger charge is 2.19. The van der Waals surface area contributed by atoms with Gasteiger partial charge >= 0.3 is 0 Å². The first-order valence-corrected chi connectivity index (χ1v) is 7.35. The van der Waals surface area contributed by atoms with Crippen LogP contribution in [-0.2, 0) is 0 Å². The number of nitrogens with zero attached hydrogens (tertiary/aromatic N) is 2. The van der Waals surface area contributed by atoms with Crippen molar-refractivity contribution in [2.24, 2.45) is 0 Å². The van der Waals surface area contributed by atoms with Gasteiger partial charge in [-0.05, 0) is 24.3 Å². The van der Waals surface area contributed by atoms with Gasteiger partial charge in [0.25, 0.3) is 0 Å². The van der Waals surface area contributed by atoms with Gasteiger partial charge in [0.1, 0.15) is 5.75 Å². The Balaban J connectivity index is 1.72.